The van der Waals surface area contributed by atoms with Gasteiger partial charge in [0.15, 0.2) is 5.65 Å². The second kappa shape index (κ2) is 9.71. The van der Waals surface area contributed by atoms with E-state index in [1.807, 2.05) is 96.8 Å². The lowest BCUT2D eigenvalue weighted by Gasteiger charge is -2.23. The molecule has 34 heavy (non-hydrogen) atoms. The van der Waals surface area contributed by atoms with Gasteiger partial charge in [-0.3, -0.25) is 4.79 Å². The predicted molar refractivity (Wildman–Crippen MR) is 135 cm³/mol. The number of aryl methyl sites for hydroxylation is 1. The maximum atomic E-state index is 13.6. The number of rotatable bonds is 7. The predicted octanol–water partition coefficient (Wildman–Crippen LogP) is 5.64. The fourth-order valence-electron chi connectivity index (χ4n) is 4.32. The summed E-state index contributed by atoms with van der Waals surface area (Å²) in [5.74, 6) is 0.00372. The van der Waals surface area contributed by atoms with Crippen molar-refractivity contribution in [1.29, 1.82) is 0 Å². The summed E-state index contributed by atoms with van der Waals surface area (Å²) in [5, 5.41) is 5.70. The second-order valence-corrected chi connectivity index (χ2v) is 8.39. The van der Waals surface area contributed by atoms with Crippen molar-refractivity contribution in [3.63, 3.8) is 0 Å². The Kier molecular flexibility index (Phi) is 6.17. The highest BCUT2D eigenvalue weighted by atomic mass is 16.2. The smallest absolute Gasteiger partial charge is 0.244 e. The van der Waals surface area contributed by atoms with Crippen LogP contribution in [0.5, 0.6) is 0 Å². The number of fused-ring (bicyclic) bond motifs is 1. The number of pyridine rings is 1. The summed E-state index contributed by atoms with van der Waals surface area (Å²) in [4.78, 5) is 20.0. The van der Waals surface area contributed by atoms with E-state index in [0.717, 1.165) is 39.0 Å². The van der Waals surface area contributed by atoms with E-state index in [9.17, 15) is 4.79 Å². The van der Waals surface area contributed by atoms with Crippen LogP contribution >= 0.6 is 0 Å². The Bertz CT molecular complexity index is 1350. The van der Waals surface area contributed by atoms with Gasteiger partial charge in [-0.2, -0.15) is 5.10 Å². The van der Waals surface area contributed by atoms with Gasteiger partial charge in [0, 0.05) is 24.7 Å². The van der Waals surface area contributed by atoms with Crippen LogP contribution in [0.4, 0.5) is 0 Å². The number of hydrogen-bond donors (Lipinski definition) is 0. The molecule has 1 amide bonds. The number of carbonyl (C=O) groups is 1. The summed E-state index contributed by atoms with van der Waals surface area (Å²) in [6, 6.07) is 32.4. The number of benzene rings is 3. The lowest BCUT2D eigenvalue weighted by Crippen LogP contribution is -2.33. The second-order valence-electron chi connectivity index (χ2n) is 8.39. The molecule has 0 saturated carbocycles. The van der Waals surface area contributed by atoms with E-state index in [4.69, 9.17) is 5.10 Å². The number of carbonyl (C=O) groups excluding carboxylic acids is 1. The molecule has 0 aliphatic carbocycles. The molecule has 0 bridgehead atoms. The maximum Gasteiger partial charge on any atom is 0.244 e. The zero-order valence-corrected chi connectivity index (χ0v) is 19.1. The van der Waals surface area contributed by atoms with Gasteiger partial charge in [0.1, 0.15) is 6.54 Å². The highest BCUT2D eigenvalue weighted by molar-refractivity contribution is 5.95. The molecule has 2 aromatic heterocycles. The average Bonchev–Trinajstić information content (AvgIpc) is 3.20. The van der Waals surface area contributed by atoms with Crippen molar-refractivity contribution < 1.29 is 4.79 Å². The molecule has 0 atom stereocenters. The molecule has 3 aromatic carbocycles. The largest absolute Gasteiger partial charge is 0.332 e. The first-order valence-electron chi connectivity index (χ1n) is 11.4. The van der Waals surface area contributed by atoms with Crippen LogP contribution in [-0.4, -0.2) is 25.6 Å². The minimum Gasteiger partial charge on any atom is -0.332 e. The summed E-state index contributed by atoms with van der Waals surface area (Å²) in [6.45, 7) is 3.18. The Morgan fingerprint density at radius 3 is 1.94 bits per heavy atom. The Morgan fingerprint density at radius 2 is 1.35 bits per heavy atom. The van der Waals surface area contributed by atoms with Crippen LogP contribution in [0.15, 0.2) is 103 Å². The topological polar surface area (TPSA) is 51.0 Å². The summed E-state index contributed by atoms with van der Waals surface area (Å²) in [5.41, 5.74) is 5.97. The zero-order valence-electron chi connectivity index (χ0n) is 19.1. The SMILES string of the molecule is Cc1nn(CC(=O)N(Cc2ccccc2)Cc2ccccc2)c2nccc(-c3ccccc3)c12. The van der Waals surface area contributed by atoms with Crippen molar-refractivity contribution in [2.45, 2.75) is 26.6 Å². The molecule has 5 heteroatoms. The van der Waals surface area contributed by atoms with Crippen LogP contribution < -0.4 is 0 Å². The van der Waals surface area contributed by atoms with Gasteiger partial charge in [0.25, 0.3) is 0 Å². The van der Waals surface area contributed by atoms with Crippen molar-refractivity contribution >= 4 is 16.9 Å². The van der Waals surface area contributed by atoms with E-state index in [0.29, 0.717) is 13.1 Å². The van der Waals surface area contributed by atoms with Gasteiger partial charge in [-0.1, -0.05) is 91.0 Å². The first kappa shape index (κ1) is 21.6. The molecule has 0 radical (unpaired) electrons. The van der Waals surface area contributed by atoms with Crippen molar-refractivity contribution in [3.8, 4) is 11.1 Å². The molecule has 5 rings (SSSR count). The van der Waals surface area contributed by atoms with Crippen molar-refractivity contribution in [2.24, 2.45) is 0 Å². The molecule has 5 aromatic rings. The zero-order chi connectivity index (χ0) is 23.3. The molecule has 0 spiro atoms. The average molecular weight is 447 g/mol. The molecule has 5 nitrogen and oxygen atoms in total. The van der Waals surface area contributed by atoms with Crippen LogP contribution in [-0.2, 0) is 24.4 Å². The molecular formula is C29H26N4O. The third-order valence-electron chi connectivity index (χ3n) is 5.96. The number of amides is 1. The van der Waals surface area contributed by atoms with E-state index in [-0.39, 0.29) is 12.5 Å². The molecule has 0 unspecified atom stereocenters. The first-order valence-corrected chi connectivity index (χ1v) is 11.4. The monoisotopic (exact) mass is 446 g/mol. The molecule has 0 aliphatic heterocycles. The number of nitrogens with zero attached hydrogens (tertiary/aromatic N) is 4. The van der Waals surface area contributed by atoms with Crippen molar-refractivity contribution in [2.75, 3.05) is 0 Å². The highest BCUT2D eigenvalue weighted by Gasteiger charge is 2.20. The van der Waals surface area contributed by atoms with Gasteiger partial charge in [0.2, 0.25) is 5.91 Å². The third kappa shape index (κ3) is 4.59. The van der Waals surface area contributed by atoms with Crippen LogP contribution in [0, 0.1) is 6.92 Å². The Hall–Kier alpha value is -4.25. The molecule has 2 heterocycles. The molecular weight excluding hydrogens is 420 g/mol. The first-order chi connectivity index (χ1) is 16.7. The molecule has 0 fully saturated rings. The molecule has 0 aliphatic rings. The lowest BCUT2D eigenvalue weighted by molar-refractivity contribution is -0.133. The van der Waals surface area contributed by atoms with Gasteiger partial charge in [0.05, 0.1) is 5.69 Å². The van der Waals surface area contributed by atoms with Crippen LogP contribution in [0.1, 0.15) is 16.8 Å². The van der Waals surface area contributed by atoms with Gasteiger partial charge in [-0.15, -0.1) is 0 Å². The van der Waals surface area contributed by atoms with Crippen LogP contribution in [0.25, 0.3) is 22.2 Å². The summed E-state index contributed by atoms with van der Waals surface area (Å²) in [7, 11) is 0. The van der Waals surface area contributed by atoms with Crippen molar-refractivity contribution in [1.82, 2.24) is 19.7 Å². The fraction of sp³-hybridized carbons (Fsp3) is 0.138. The van der Waals surface area contributed by atoms with Crippen LogP contribution in [0.2, 0.25) is 0 Å². The van der Waals surface area contributed by atoms with E-state index in [1.165, 1.54) is 0 Å². The standard InChI is InChI=1S/C29H26N4O/c1-22-28-26(25-15-9-4-10-16-25)17-18-30-29(28)33(31-22)21-27(34)32(19-23-11-5-2-6-12-23)20-24-13-7-3-8-14-24/h2-18H,19-21H2,1H3. The van der Waals surface area contributed by atoms with Gasteiger partial charge in [-0.05, 0) is 35.2 Å². The minimum atomic E-state index is 0.00372. The Morgan fingerprint density at radius 1 is 0.794 bits per heavy atom. The van der Waals surface area contributed by atoms with E-state index in [1.54, 1.807) is 10.9 Å². The van der Waals surface area contributed by atoms with Gasteiger partial charge >= 0.3 is 0 Å². The van der Waals surface area contributed by atoms with E-state index in [2.05, 4.69) is 17.1 Å². The van der Waals surface area contributed by atoms with Crippen LogP contribution in [0.3, 0.4) is 0 Å². The van der Waals surface area contributed by atoms with Crippen molar-refractivity contribution in [3.05, 3.63) is 120 Å². The minimum absolute atomic E-state index is 0.00372. The summed E-state index contributed by atoms with van der Waals surface area (Å²) in [6.07, 6.45) is 1.79. The summed E-state index contributed by atoms with van der Waals surface area (Å²) >= 11 is 0. The maximum absolute atomic E-state index is 13.6. The molecule has 168 valence electrons. The lowest BCUT2D eigenvalue weighted by atomic mass is 10.0. The quantitative estimate of drug-likeness (QED) is 0.325. The Labute approximate surface area is 199 Å². The van der Waals surface area contributed by atoms with Gasteiger partial charge in [-0.25, -0.2) is 9.67 Å². The van der Waals surface area contributed by atoms with E-state index < -0.39 is 0 Å². The highest BCUT2D eigenvalue weighted by Crippen LogP contribution is 2.29. The van der Waals surface area contributed by atoms with Gasteiger partial charge < -0.3 is 4.90 Å². The number of aromatic nitrogens is 3. The Balaban J connectivity index is 1.46. The van der Waals surface area contributed by atoms with E-state index >= 15 is 0 Å². The molecule has 0 saturated heterocycles. The fourth-order valence-corrected chi connectivity index (χ4v) is 4.32. The number of hydrogen-bond acceptors (Lipinski definition) is 3. The summed E-state index contributed by atoms with van der Waals surface area (Å²) < 4.78 is 1.74. The third-order valence-corrected chi connectivity index (χ3v) is 5.96. The normalized spacial score (nSPS) is 11.0. The molecule has 0 N–H and O–H groups in total.